The summed E-state index contributed by atoms with van der Waals surface area (Å²) >= 11 is 12.2. The number of nitrogens with one attached hydrogen (secondary N) is 1. The SMILES string of the molecule is CC(C)(O)C1CN(C(=O)NC2CCN(c3ccc(Cl)cc3Cl)C2)C1. The van der Waals surface area contributed by atoms with E-state index in [9.17, 15) is 9.90 Å². The minimum Gasteiger partial charge on any atom is -0.390 e. The monoisotopic (exact) mass is 371 g/mol. The molecule has 0 bridgehead atoms. The highest BCUT2D eigenvalue weighted by atomic mass is 35.5. The van der Waals surface area contributed by atoms with E-state index in [-0.39, 0.29) is 18.0 Å². The van der Waals surface area contributed by atoms with Crippen LogP contribution < -0.4 is 10.2 Å². The van der Waals surface area contributed by atoms with Gasteiger partial charge in [-0.3, -0.25) is 0 Å². The fourth-order valence-corrected chi connectivity index (χ4v) is 3.72. The summed E-state index contributed by atoms with van der Waals surface area (Å²) in [6.45, 7) is 6.37. The second kappa shape index (κ2) is 6.62. The molecular formula is C17H23Cl2N3O2. The third-order valence-corrected chi connectivity index (χ3v) is 5.47. The van der Waals surface area contributed by atoms with Crippen molar-refractivity contribution in [2.75, 3.05) is 31.1 Å². The number of likely N-dealkylation sites (tertiary alicyclic amines) is 1. The Morgan fingerprint density at radius 3 is 2.62 bits per heavy atom. The Bertz CT molecular complexity index is 627. The van der Waals surface area contributed by atoms with Crippen molar-refractivity contribution in [1.82, 2.24) is 10.2 Å². The van der Waals surface area contributed by atoms with E-state index in [2.05, 4.69) is 10.2 Å². The average molecular weight is 372 g/mol. The number of anilines is 1. The topological polar surface area (TPSA) is 55.8 Å². The summed E-state index contributed by atoms with van der Waals surface area (Å²) in [4.78, 5) is 16.2. The molecule has 1 unspecified atom stereocenters. The van der Waals surface area contributed by atoms with Gasteiger partial charge in [0.05, 0.1) is 16.3 Å². The summed E-state index contributed by atoms with van der Waals surface area (Å²) in [6.07, 6.45) is 0.882. The molecule has 132 valence electrons. The lowest BCUT2D eigenvalue weighted by Gasteiger charge is -2.45. The first-order valence-electron chi connectivity index (χ1n) is 8.22. The molecule has 24 heavy (non-hydrogen) atoms. The van der Waals surface area contributed by atoms with Crippen molar-refractivity contribution < 1.29 is 9.90 Å². The molecule has 2 N–H and O–H groups in total. The van der Waals surface area contributed by atoms with Gasteiger partial charge in [0, 0.05) is 43.2 Å². The molecule has 2 fully saturated rings. The molecule has 0 radical (unpaired) electrons. The van der Waals surface area contributed by atoms with Crippen molar-refractivity contribution in [3.8, 4) is 0 Å². The number of rotatable bonds is 3. The summed E-state index contributed by atoms with van der Waals surface area (Å²) in [6, 6.07) is 5.53. The van der Waals surface area contributed by atoms with Crippen LogP contribution in [0.2, 0.25) is 10.0 Å². The van der Waals surface area contributed by atoms with E-state index in [1.165, 1.54) is 0 Å². The maximum Gasteiger partial charge on any atom is 0.317 e. The Balaban J connectivity index is 1.51. The van der Waals surface area contributed by atoms with Crippen LogP contribution in [0.4, 0.5) is 10.5 Å². The van der Waals surface area contributed by atoms with Gasteiger partial charge >= 0.3 is 6.03 Å². The van der Waals surface area contributed by atoms with Crippen molar-refractivity contribution in [3.05, 3.63) is 28.2 Å². The Labute approximate surface area is 152 Å². The van der Waals surface area contributed by atoms with Crippen LogP contribution in [0, 0.1) is 5.92 Å². The third-order valence-electron chi connectivity index (χ3n) is 4.93. The minimum absolute atomic E-state index is 0.0513. The lowest BCUT2D eigenvalue weighted by molar-refractivity contribution is -0.0459. The van der Waals surface area contributed by atoms with Gasteiger partial charge in [-0.1, -0.05) is 23.2 Å². The van der Waals surface area contributed by atoms with Crippen LogP contribution in [0.25, 0.3) is 0 Å². The number of benzene rings is 1. The van der Waals surface area contributed by atoms with Gasteiger partial charge in [-0.05, 0) is 38.5 Å². The lowest BCUT2D eigenvalue weighted by Crippen LogP contribution is -2.60. The second-order valence-electron chi connectivity index (χ2n) is 7.23. The van der Waals surface area contributed by atoms with E-state index >= 15 is 0 Å². The van der Waals surface area contributed by atoms with Crippen LogP contribution in [0.1, 0.15) is 20.3 Å². The molecule has 1 atom stereocenters. The quantitative estimate of drug-likeness (QED) is 0.858. The van der Waals surface area contributed by atoms with Crippen LogP contribution >= 0.6 is 23.2 Å². The summed E-state index contributed by atoms with van der Waals surface area (Å²) < 4.78 is 0. The first-order chi connectivity index (χ1) is 11.2. The molecule has 0 spiro atoms. The first-order valence-corrected chi connectivity index (χ1v) is 8.97. The highest BCUT2D eigenvalue weighted by Crippen LogP contribution is 2.31. The summed E-state index contributed by atoms with van der Waals surface area (Å²) in [7, 11) is 0. The molecule has 3 rings (SSSR count). The lowest BCUT2D eigenvalue weighted by atomic mass is 9.85. The van der Waals surface area contributed by atoms with Crippen LogP contribution in [0.15, 0.2) is 18.2 Å². The van der Waals surface area contributed by atoms with Crippen molar-refractivity contribution >= 4 is 34.9 Å². The molecule has 1 aromatic carbocycles. The Morgan fingerprint density at radius 2 is 2.00 bits per heavy atom. The molecule has 2 saturated heterocycles. The van der Waals surface area contributed by atoms with Gasteiger partial charge in [-0.2, -0.15) is 0 Å². The van der Waals surface area contributed by atoms with Crippen LogP contribution in [-0.2, 0) is 0 Å². The number of nitrogens with zero attached hydrogens (tertiary/aromatic N) is 2. The fourth-order valence-electron chi connectivity index (χ4n) is 3.19. The van der Waals surface area contributed by atoms with Crippen LogP contribution in [-0.4, -0.2) is 53.9 Å². The molecule has 7 heteroatoms. The molecule has 2 heterocycles. The van der Waals surface area contributed by atoms with Crippen molar-refractivity contribution in [2.45, 2.75) is 31.9 Å². The van der Waals surface area contributed by atoms with E-state index in [0.717, 1.165) is 25.2 Å². The number of hydrogen-bond donors (Lipinski definition) is 2. The molecule has 2 aliphatic rings. The Morgan fingerprint density at radius 1 is 1.29 bits per heavy atom. The van der Waals surface area contributed by atoms with Crippen molar-refractivity contribution in [2.24, 2.45) is 5.92 Å². The predicted octanol–water partition coefficient (Wildman–Crippen LogP) is 2.98. The second-order valence-corrected chi connectivity index (χ2v) is 8.08. The highest BCUT2D eigenvalue weighted by molar-refractivity contribution is 6.36. The van der Waals surface area contributed by atoms with Gasteiger partial charge in [-0.25, -0.2) is 4.79 Å². The van der Waals surface area contributed by atoms with Crippen LogP contribution in [0.5, 0.6) is 0 Å². The van der Waals surface area contributed by atoms with Gasteiger partial charge in [0.25, 0.3) is 0 Å². The normalized spacial score (nSPS) is 21.8. The largest absolute Gasteiger partial charge is 0.390 e. The fraction of sp³-hybridized carbons (Fsp3) is 0.588. The molecule has 0 aromatic heterocycles. The van der Waals surface area contributed by atoms with Crippen molar-refractivity contribution in [3.63, 3.8) is 0 Å². The Kier molecular flexibility index (Phi) is 4.87. The molecule has 0 saturated carbocycles. The van der Waals surface area contributed by atoms with Crippen LogP contribution in [0.3, 0.4) is 0 Å². The number of carbonyl (C=O) groups excluding carboxylic acids is 1. The zero-order valence-electron chi connectivity index (χ0n) is 13.9. The van der Waals surface area contributed by atoms with Gasteiger partial charge in [0.2, 0.25) is 0 Å². The third kappa shape index (κ3) is 3.73. The van der Waals surface area contributed by atoms with Gasteiger partial charge in [0.15, 0.2) is 0 Å². The molecule has 5 nitrogen and oxygen atoms in total. The number of hydrogen-bond acceptors (Lipinski definition) is 3. The van der Waals surface area contributed by atoms with E-state index in [4.69, 9.17) is 23.2 Å². The van der Waals surface area contributed by atoms with Gasteiger partial charge in [0.1, 0.15) is 0 Å². The number of halogens is 2. The number of aliphatic hydroxyl groups is 1. The molecular weight excluding hydrogens is 349 g/mol. The van der Waals surface area contributed by atoms with E-state index in [1.54, 1.807) is 24.8 Å². The highest BCUT2D eigenvalue weighted by Gasteiger charge is 2.40. The smallest absolute Gasteiger partial charge is 0.317 e. The number of carbonyl (C=O) groups is 1. The standard InChI is InChI=1S/C17H23Cl2N3O2/c1-17(2,24)11-8-22(9-11)16(23)20-13-5-6-21(10-13)15-4-3-12(18)7-14(15)19/h3-4,7,11,13,24H,5-6,8-10H2,1-2H3,(H,20,23). The average Bonchev–Trinajstić information content (AvgIpc) is 2.83. The van der Waals surface area contributed by atoms with Gasteiger partial charge in [-0.15, -0.1) is 0 Å². The summed E-state index contributed by atoms with van der Waals surface area (Å²) in [5.74, 6) is 0.149. The molecule has 2 amide bonds. The predicted molar refractivity (Wildman–Crippen MR) is 97.0 cm³/mol. The van der Waals surface area contributed by atoms with Gasteiger partial charge < -0.3 is 20.2 Å². The minimum atomic E-state index is -0.730. The summed E-state index contributed by atoms with van der Waals surface area (Å²) in [5, 5.41) is 14.3. The molecule has 1 aromatic rings. The van der Waals surface area contributed by atoms with Crippen molar-refractivity contribution in [1.29, 1.82) is 0 Å². The zero-order valence-corrected chi connectivity index (χ0v) is 15.4. The maximum absolute atomic E-state index is 12.3. The maximum atomic E-state index is 12.3. The van der Waals surface area contributed by atoms with E-state index in [0.29, 0.717) is 23.1 Å². The number of amides is 2. The molecule has 0 aliphatic carbocycles. The van der Waals surface area contributed by atoms with E-state index in [1.807, 2.05) is 12.1 Å². The molecule has 2 aliphatic heterocycles. The first kappa shape index (κ1) is 17.6. The van der Waals surface area contributed by atoms with E-state index < -0.39 is 5.60 Å². The zero-order chi connectivity index (χ0) is 17.5. The summed E-state index contributed by atoms with van der Waals surface area (Å²) in [5.41, 5.74) is 0.218. The Hall–Kier alpha value is -1.17. The number of urea groups is 1.